The molecule has 8 nitrogen and oxygen atoms in total. The van der Waals surface area contributed by atoms with Crippen LogP contribution in [0.15, 0.2) is 61.1 Å². The van der Waals surface area contributed by atoms with Gasteiger partial charge < -0.3 is 20.3 Å². The lowest BCUT2D eigenvalue weighted by molar-refractivity contribution is 0.0746. The van der Waals surface area contributed by atoms with Gasteiger partial charge in [0.25, 0.3) is 5.91 Å². The molecule has 1 saturated heterocycles. The van der Waals surface area contributed by atoms with Crippen LogP contribution >= 0.6 is 0 Å². The van der Waals surface area contributed by atoms with Crippen molar-refractivity contribution in [2.75, 3.05) is 31.1 Å². The molecule has 2 aromatic heterocycles. The predicted molar refractivity (Wildman–Crippen MR) is 109 cm³/mol. The zero-order valence-electron chi connectivity index (χ0n) is 15.9. The van der Waals surface area contributed by atoms with Gasteiger partial charge in [0.05, 0.1) is 5.69 Å². The van der Waals surface area contributed by atoms with Crippen molar-refractivity contribution >= 4 is 11.7 Å². The second-order valence-corrected chi connectivity index (χ2v) is 6.65. The summed E-state index contributed by atoms with van der Waals surface area (Å²) in [5.41, 5.74) is 6.88. The Balaban J connectivity index is 1.41. The van der Waals surface area contributed by atoms with Crippen LogP contribution in [0.5, 0.6) is 11.6 Å². The standard InChI is InChI=1S/C21H22N6O2/c22-14-17-13-20(25-15-24-17)29-18-5-3-4-16(12-18)21(28)27-10-8-26(9-11-27)19-6-1-2-7-23-19/h1-7,12-13,15H,8-11,14,22H2. The fraction of sp³-hybridized carbons (Fsp3) is 0.238. The van der Waals surface area contributed by atoms with Crippen LogP contribution in [-0.4, -0.2) is 51.9 Å². The first-order chi connectivity index (χ1) is 14.2. The summed E-state index contributed by atoms with van der Waals surface area (Å²) in [5.74, 6) is 1.87. The maximum Gasteiger partial charge on any atom is 0.254 e. The van der Waals surface area contributed by atoms with E-state index in [1.54, 1.807) is 36.5 Å². The van der Waals surface area contributed by atoms with E-state index in [0.29, 0.717) is 42.5 Å². The number of piperazine rings is 1. The fourth-order valence-corrected chi connectivity index (χ4v) is 3.22. The minimum Gasteiger partial charge on any atom is -0.439 e. The Kier molecular flexibility index (Phi) is 5.62. The Morgan fingerprint density at radius 3 is 2.62 bits per heavy atom. The van der Waals surface area contributed by atoms with Gasteiger partial charge in [-0.3, -0.25) is 4.79 Å². The number of hydrogen-bond donors (Lipinski definition) is 1. The van der Waals surface area contributed by atoms with Crippen molar-refractivity contribution in [1.82, 2.24) is 19.9 Å². The van der Waals surface area contributed by atoms with Crippen molar-refractivity contribution in [2.24, 2.45) is 5.73 Å². The van der Waals surface area contributed by atoms with Crippen LogP contribution in [0.25, 0.3) is 0 Å². The van der Waals surface area contributed by atoms with Crippen molar-refractivity contribution in [3.63, 3.8) is 0 Å². The van der Waals surface area contributed by atoms with Crippen molar-refractivity contribution in [3.8, 4) is 11.6 Å². The van der Waals surface area contributed by atoms with Gasteiger partial charge in [-0.05, 0) is 30.3 Å². The molecule has 1 aromatic carbocycles. The molecule has 0 bridgehead atoms. The summed E-state index contributed by atoms with van der Waals surface area (Å²) in [6.07, 6.45) is 3.19. The molecule has 0 radical (unpaired) electrons. The number of hydrogen-bond acceptors (Lipinski definition) is 7. The molecular weight excluding hydrogens is 368 g/mol. The molecule has 2 N–H and O–H groups in total. The molecule has 1 aliphatic heterocycles. The Bertz CT molecular complexity index is 974. The molecule has 148 valence electrons. The normalized spacial score (nSPS) is 14.0. The van der Waals surface area contributed by atoms with E-state index in [-0.39, 0.29) is 5.91 Å². The molecule has 0 spiro atoms. The summed E-state index contributed by atoms with van der Waals surface area (Å²) in [4.78, 5) is 29.5. The molecule has 3 heterocycles. The van der Waals surface area contributed by atoms with E-state index in [2.05, 4.69) is 19.9 Å². The molecule has 8 heteroatoms. The minimum atomic E-state index is -0.0125. The van der Waals surface area contributed by atoms with E-state index < -0.39 is 0 Å². The van der Waals surface area contributed by atoms with Crippen molar-refractivity contribution in [3.05, 3.63) is 72.3 Å². The first kappa shape index (κ1) is 18.8. The highest BCUT2D eigenvalue weighted by molar-refractivity contribution is 5.94. The van der Waals surface area contributed by atoms with Gasteiger partial charge in [0, 0.05) is 50.6 Å². The number of anilines is 1. The highest BCUT2D eigenvalue weighted by Gasteiger charge is 2.23. The van der Waals surface area contributed by atoms with E-state index in [1.165, 1.54) is 6.33 Å². The Hall–Kier alpha value is -3.52. The highest BCUT2D eigenvalue weighted by Crippen LogP contribution is 2.22. The van der Waals surface area contributed by atoms with Crippen LogP contribution in [0.4, 0.5) is 5.82 Å². The lowest BCUT2D eigenvalue weighted by Crippen LogP contribution is -2.49. The first-order valence-electron chi connectivity index (χ1n) is 9.47. The van der Waals surface area contributed by atoms with Crippen LogP contribution in [0.3, 0.4) is 0 Å². The summed E-state index contributed by atoms with van der Waals surface area (Å²) < 4.78 is 5.78. The van der Waals surface area contributed by atoms with Crippen LogP contribution in [0.2, 0.25) is 0 Å². The van der Waals surface area contributed by atoms with E-state index >= 15 is 0 Å². The van der Waals surface area contributed by atoms with Crippen LogP contribution in [0, 0.1) is 0 Å². The summed E-state index contributed by atoms with van der Waals surface area (Å²) >= 11 is 0. The maximum absolute atomic E-state index is 12.9. The molecule has 29 heavy (non-hydrogen) atoms. The number of pyridine rings is 1. The van der Waals surface area contributed by atoms with Gasteiger partial charge in [-0.15, -0.1) is 0 Å². The van der Waals surface area contributed by atoms with E-state index in [4.69, 9.17) is 10.5 Å². The molecule has 1 aliphatic rings. The number of carbonyl (C=O) groups excluding carboxylic acids is 1. The van der Waals surface area contributed by atoms with Crippen molar-refractivity contribution < 1.29 is 9.53 Å². The maximum atomic E-state index is 12.9. The second-order valence-electron chi connectivity index (χ2n) is 6.65. The van der Waals surface area contributed by atoms with Gasteiger partial charge in [-0.2, -0.15) is 0 Å². The quantitative estimate of drug-likeness (QED) is 0.712. The van der Waals surface area contributed by atoms with E-state index in [1.807, 2.05) is 23.1 Å². The SMILES string of the molecule is NCc1cc(Oc2cccc(C(=O)N3CCN(c4ccccn4)CC3)c2)ncn1. The smallest absolute Gasteiger partial charge is 0.254 e. The summed E-state index contributed by atoms with van der Waals surface area (Å²) in [6, 6.07) is 14.7. The van der Waals surface area contributed by atoms with Gasteiger partial charge in [0.1, 0.15) is 17.9 Å². The molecule has 1 amide bonds. The summed E-state index contributed by atoms with van der Waals surface area (Å²) in [6.45, 7) is 3.10. The minimum absolute atomic E-state index is 0.0125. The van der Waals surface area contributed by atoms with Gasteiger partial charge in [0.2, 0.25) is 5.88 Å². The number of nitrogens with two attached hydrogens (primary N) is 1. The largest absolute Gasteiger partial charge is 0.439 e. The second kappa shape index (κ2) is 8.66. The van der Waals surface area contributed by atoms with Crippen molar-refractivity contribution in [1.29, 1.82) is 0 Å². The summed E-state index contributed by atoms with van der Waals surface area (Å²) in [5, 5.41) is 0. The molecule has 3 aromatic rings. The van der Waals surface area contributed by atoms with Crippen LogP contribution in [0.1, 0.15) is 16.1 Å². The predicted octanol–water partition coefficient (Wildman–Crippen LogP) is 2.08. The zero-order valence-corrected chi connectivity index (χ0v) is 15.9. The average molecular weight is 390 g/mol. The lowest BCUT2D eigenvalue weighted by atomic mass is 10.1. The molecule has 0 aliphatic carbocycles. The van der Waals surface area contributed by atoms with Crippen LogP contribution in [-0.2, 0) is 6.54 Å². The molecule has 0 saturated carbocycles. The summed E-state index contributed by atoms with van der Waals surface area (Å²) in [7, 11) is 0. The van der Waals surface area contributed by atoms with E-state index in [0.717, 1.165) is 18.9 Å². The van der Waals surface area contributed by atoms with Crippen molar-refractivity contribution in [2.45, 2.75) is 6.54 Å². The van der Waals surface area contributed by atoms with Gasteiger partial charge in [-0.1, -0.05) is 12.1 Å². The number of nitrogens with zero attached hydrogens (tertiary/aromatic N) is 5. The fourth-order valence-electron chi connectivity index (χ4n) is 3.22. The van der Waals surface area contributed by atoms with E-state index in [9.17, 15) is 4.79 Å². The Morgan fingerprint density at radius 1 is 1.00 bits per heavy atom. The molecule has 0 atom stereocenters. The Morgan fingerprint density at radius 2 is 1.86 bits per heavy atom. The third kappa shape index (κ3) is 4.49. The number of aromatic nitrogens is 3. The average Bonchev–Trinajstić information content (AvgIpc) is 2.79. The molecule has 1 fully saturated rings. The molecule has 4 rings (SSSR count). The topological polar surface area (TPSA) is 97.5 Å². The third-order valence-corrected chi connectivity index (χ3v) is 4.75. The first-order valence-corrected chi connectivity index (χ1v) is 9.47. The van der Waals surface area contributed by atoms with Gasteiger partial charge in [0.15, 0.2) is 0 Å². The number of rotatable bonds is 5. The monoisotopic (exact) mass is 390 g/mol. The lowest BCUT2D eigenvalue weighted by Gasteiger charge is -2.35. The molecule has 0 unspecified atom stereocenters. The highest BCUT2D eigenvalue weighted by atomic mass is 16.5. The number of amides is 1. The number of carbonyl (C=O) groups is 1. The van der Waals surface area contributed by atoms with Gasteiger partial charge in [-0.25, -0.2) is 15.0 Å². The number of ether oxygens (including phenoxy) is 1. The molecular formula is C21H22N6O2. The third-order valence-electron chi connectivity index (χ3n) is 4.75. The zero-order chi connectivity index (χ0) is 20.1. The van der Waals surface area contributed by atoms with Gasteiger partial charge >= 0.3 is 0 Å². The number of benzene rings is 1. The van der Waals surface area contributed by atoms with Crippen LogP contribution < -0.4 is 15.4 Å². The Labute approximate surface area is 169 Å².